The molecule has 0 saturated carbocycles. The molecule has 1 aliphatic heterocycles. The van der Waals surface area contributed by atoms with E-state index < -0.39 is 5.54 Å². The summed E-state index contributed by atoms with van der Waals surface area (Å²) in [7, 11) is 0. The zero-order valence-corrected chi connectivity index (χ0v) is 14.2. The topological polar surface area (TPSA) is 62.3 Å². The van der Waals surface area contributed by atoms with Gasteiger partial charge in [0.2, 0.25) is 5.91 Å². The molecule has 2 heterocycles. The van der Waals surface area contributed by atoms with E-state index in [9.17, 15) is 9.59 Å². The van der Waals surface area contributed by atoms with E-state index in [1.165, 1.54) is 11.3 Å². The Balaban J connectivity index is 1.69. The number of carbonyl (C=O) groups excluding carboxylic acids is 2. The van der Waals surface area contributed by atoms with Crippen LogP contribution < -0.4 is 5.32 Å². The van der Waals surface area contributed by atoms with Crippen molar-refractivity contribution in [2.45, 2.75) is 25.3 Å². The largest absolute Gasteiger partial charge is 0.328 e. The lowest BCUT2D eigenvalue weighted by Crippen LogP contribution is -2.66. The summed E-state index contributed by atoms with van der Waals surface area (Å²) >= 11 is 7.46. The Bertz CT molecular complexity index is 735. The van der Waals surface area contributed by atoms with Gasteiger partial charge in [-0.1, -0.05) is 29.8 Å². The van der Waals surface area contributed by atoms with E-state index in [1.54, 1.807) is 29.5 Å². The lowest BCUT2D eigenvalue weighted by molar-refractivity contribution is -0.154. The zero-order valence-electron chi connectivity index (χ0n) is 12.6. The van der Waals surface area contributed by atoms with Gasteiger partial charge in [-0.2, -0.15) is 0 Å². The van der Waals surface area contributed by atoms with Crippen molar-refractivity contribution in [2.24, 2.45) is 0 Å². The molecule has 1 aliphatic rings. The summed E-state index contributed by atoms with van der Waals surface area (Å²) in [5.74, 6) is -0.299. The summed E-state index contributed by atoms with van der Waals surface area (Å²) in [6.07, 6.45) is 2.46. The van der Waals surface area contributed by atoms with Crippen LogP contribution in [0.15, 0.2) is 35.8 Å². The summed E-state index contributed by atoms with van der Waals surface area (Å²) in [6, 6.07) is 7.26. The van der Waals surface area contributed by atoms with Crippen LogP contribution in [0.2, 0.25) is 5.02 Å². The number of benzene rings is 1. The van der Waals surface area contributed by atoms with Gasteiger partial charge in [-0.3, -0.25) is 14.9 Å². The number of halogens is 1. The van der Waals surface area contributed by atoms with Crippen LogP contribution in [0.4, 0.5) is 5.13 Å². The van der Waals surface area contributed by atoms with E-state index in [4.69, 9.17) is 11.6 Å². The van der Waals surface area contributed by atoms with Gasteiger partial charge in [0.25, 0.3) is 5.91 Å². The SMILES string of the molecule is CC1(C(=O)Nc2nccs2)CCN1C(=O)Cc1ccccc1Cl. The van der Waals surface area contributed by atoms with Gasteiger partial charge in [0.05, 0.1) is 6.42 Å². The normalized spacial score (nSPS) is 20.0. The minimum absolute atomic E-state index is 0.0962. The monoisotopic (exact) mass is 349 g/mol. The highest BCUT2D eigenvalue weighted by Gasteiger charge is 2.49. The van der Waals surface area contributed by atoms with Crippen molar-refractivity contribution in [3.05, 3.63) is 46.4 Å². The van der Waals surface area contributed by atoms with Crippen LogP contribution in [-0.2, 0) is 16.0 Å². The van der Waals surface area contributed by atoms with Crippen molar-refractivity contribution in [3.8, 4) is 0 Å². The van der Waals surface area contributed by atoms with Crippen LogP contribution >= 0.6 is 22.9 Å². The number of carbonyl (C=O) groups is 2. The molecule has 1 unspecified atom stereocenters. The van der Waals surface area contributed by atoms with E-state index in [1.807, 2.05) is 18.2 Å². The van der Waals surface area contributed by atoms with E-state index in [2.05, 4.69) is 10.3 Å². The van der Waals surface area contributed by atoms with Gasteiger partial charge in [0.1, 0.15) is 5.54 Å². The van der Waals surface area contributed by atoms with Gasteiger partial charge in [0.15, 0.2) is 5.13 Å². The molecule has 1 fully saturated rings. The highest BCUT2D eigenvalue weighted by atomic mass is 35.5. The molecule has 120 valence electrons. The maximum absolute atomic E-state index is 12.5. The molecule has 0 bridgehead atoms. The molecule has 0 aliphatic carbocycles. The number of amides is 2. The number of anilines is 1. The van der Waals surface area contributed by atoms with Crippen LogP contribution in [0, 0.1) is 0 Å². The van der Waals surface area contributed by atoms with Crippen LogP contribution in [0.5, 0.6) is 0 Å². The Kier molecular flexibility index (Phi) is 4.37. The maximum atomic E-state index is 12.5. The Labute approximate surface area is 143 Å². The lowest BCUT2D eigenvalue weighted by atomic mass is 9.85. The fourth-order valence-electron chi connectivity index (χ4n) is 2.61. The molecular formula is C16H16ClN3O2S. The third-order valence-electron chi connectivity index (χ3n) is 4.16. The van der Waals surface area contributed by atoms with Crippen LogP contribution in [0.1, 0.15) is 18.9 Å². The number of hydrogen-bond donors (Lipinski definition) is 1. The van der Waals surface area contributed by atoms with Gasteiger partial charge < -0.3 is 4.90 Å². The number of nitrogens with one attached hydrogen (secondary N) is 1. The minimum Gasteiger partial charge on any atom is -0.328 e. The van der Waals surface area contributed by atoms with E-state index in [0.717, 1.165) is 5.56 Å². The average Bonchev–Trinajstić information content (AvgIpc) is 3.00. The fourth-order valence-corrected chi connectivity index (χ4v) is 3.34. The molecule has 2 amide bonds. The Morgan fingerprint density at radius 1 is 1.43 bits per heavy atom. The first-order valence-electron chi connectivity index (χ1n) is 7.25. The van der Waals surface area contributed by atoms with Crippen molar-refractivity contribution in [1.82, 2.24) is 9.88 Å². The molecule has 5 nitrogen and oxygen atoms in total. The molecule has 1 N–H and O–H groups in total. The quantitative estimate of drug-likeness (QED) is 0.923. The first-order valence-corrected chi connectivity index (χ1v) is 8.51. The van der Waals surface area contributed by atoms with Crippen LogP contribution in [0.25, 0.3) is 0 Å². The second-order valence-corrected chi connectivity index (χ2v) is 6.93. The number of thiazole rings is 1. The van der Waals surface area contributed by atoms with Gasteiger partial charge in [-0.05, 0) is 25.0 Å². The first kappa shape index (κ1) is 16.0. The standard InChI is InChI=1S/C16H16ClN3O2S/c1-16(14(22)19-15-18-7-9-23-15)6-8-20(16)13(21)10-11-4-2-3-5-12(11)17/h2-5,7,9H,6,8,10H2,1H3,(H,18,19,22). The molecule has 7 heteroatoms. The van der Waals surface area contributed by atoms with Crippen LogP contribution in [0.3, 0.4) is 0 Å². The number of rotatable bonds is 4. The highest BCUT2D eigenvalue weighted by Crippen LogP contribution is 2.33. The fraction of sp³-hybridized carbons (Fsp3) is 0.312. The maximum Gasteiger partial charge on any atom is 0.251 e. The van der Waals surface area contributed by atoms with Crippen molar-refractivity contribution in [2.75, 3.05) is 11.9 Å². The van der Waals surface area contributed by atoms with Gasteiger partial charge in [-0.15, -0.1) is 11.3 Å². The smallest absolute Gasteiger partial charge is 0.251 e. The first-order chi connectivity index (χ1) is 11.0. The summed E-state index contributed by atoms with van der Waals surface area (Å²) in [5.41, 5.74) is -0.0574. The number of hydrogen-bond acceptors (Lipinski definition) is 4. The second kappa shape index (κ2) is 6.29. The molecule has 3 rings (SSSR count). The van der Waals surface area contributed by atoms with E-state index >= 15 is 0 Å². The second-order valence-electron chi connectivity index (χ2n) is 5.63. The zero-order chi connectivity index (χ0) is 16.4. The Morgan fingerprint density at radius 3 is 2.83 bits per heavy atom. The lowest BCUT2D eigenvalue weighted by Gasteiger charge is -2.49. The molecule has 1 atom stereocenters. The van der Waals surface area contributed by atoms with Crippen molar-refractivity contribution in [3.63, 3.8) is 0 Å². The van der Waals surface area contributed by atoms with E-state index in [0.29, 0.717) is 23.1 Å². The Hall–Kier alpha value is -1.92. The molecule has 0 spiro atoms. The summed E-state index contributed by atoms with van der Waals surface area (Å²) < 4.78 is 0. The molecule has 1 aromatic heterocycles. The number of likely N-dealkylation sites (tertiary alicyclic amines) is 1. The highest BCUT2D eigenvalue weighted by molar-refractivity contribution is 7.13. The molecule has 0 radical (unpaired) electrons. The van der Waals surface area contributed by atoms with E-state index in [-0.39, 0.29) is 18.2 Å². The van der Waals surface area contributed by atoms with Crippen molar-refractivity contribution < 1.29 is 9.59 Å². The number of aromatic nitrogens is 1. The summed E-state index contributed by atoms with van der Waals surface area (Å²) in [6.45, 7) is 2.36. The minimum atomic E-state index is -0.829. The summed E-state index contributed by atoms with van der Waals surface area (Å²) in [5, 5.41) is 5.67. The third-order valence-corrected chi connectivity index (χ3v) is 5.22. The molecule has 1 aromatic carbocycles. The van der Waals surface area contributed by atoms with Crippen molar-refractivity contribution >= 4 is 39.9 Å². The van der Waals surface area contributed by atoms with Gasteiger partial charge in [-0.25, -0.2) is 4.98 Å². The number of nitrogens with zero attached hydrogens (tertiary/aromatic N) is 2. The molecule has 2 aromatic rings. The average molecular weight is 350 g/mol. The summed E-state index contributed by atoms with van der Waals surface area (Å²) in [4.78, 5) is 30.7. The molecular weight excluding hydrogens is 334 g/mol. The predicted octanol–water partition coefficient (Wildman–Crippen LogP) is 2.97. The van der Waals surface area contributed by atoms with Crippen LogP contribution in [-0.4, -0.2) is 33.8 Å². The van der Waals surface area contributed by atoms with Gasteiger partial charge in [0, 0.05) is 23.1 Å². The molecule has 23 heavy (non-hydrogen) atoms. The molecule has 1 saturated heterocycles. The third kappa shape index (κ3) is 3.09. The Morgan fingerprint density at radius 2 is 2.22 bits per heavy atom. The van der Waals surface area contributed by atoms with Gasteiger partial charge >= 0.3 is 0 Å². The predicted molar refractivity (Wildman–Crippen MR) is 90.6 cm³/mol. The van der Waals surface area contributed by atoms with Crippen molar-refractivity contribution in [1.29, 1.82) is 0 Å².